The summed E-state index contributed by atoms with van der Waals surface area (Å²) in [6, 6.07) is 14.8. The zero-order valence-corrected chi connectivity index (χ0v) is 16.5. The molecule has 3 aromatic rings. The van der Waals surface area contributed by atoms with Gasteiger partial charge in [0.25, 0.3) is 11.8 Å². The van der Waals surface area contributed by atoms with Crippen LogP contribution >= 0.6 is 0 Å². The minimum atomic E-state index is -0.352. The molecule has 0 atom stereocenters. The summed E-state index contributed by atoms with van der Waals surface area (Å²) < 4.78 is 0. The number of carbonyl (C=O) groups excluding carboxylic acids is 2. The number of rotatable bonds is 4. The van der Waals surface area contributed by atoms with E-state index >= 15 is 0 Å². The molecule has 0 aliphatic heterocycles. The molecule has 2 aromatic carbocycles. The molecule has 1 aromatic heterocycles. The summed E-state index contributed by atoms with van der Waals surface area (Å²) in [7, 11) is 0. The van der Waals surface area contributed by atoms with Gasteiger partial charge in [0.2, 0.25) is 0 Å². The Morgan fingerprint density at radius 3 is 1.82 bits per heavy atom. The van der Waals surface area contributed by atoms with E-state index in [2.05, 4.69) is 15.6 Å². The van der Waals surface area contributed by atoms with Crippen molar-refractivity contribution in [1.29, 1.82) is 0 Å². The summed E-state index contributed by atoms with van der Waals surface area (Å²) in [4.78, 5) is 29.4. The highest BCUT2D eigenvalue weighted by Gasteiger charge is 2.14. The number of nitrogens with one attached hydrogen (secondary N) is 2. The van der Waals surface area contributed by atoms with E-state index in [9.17, 15) is 9.59 Å². The molecule has 2 N–H and O–H groups in total. The van der Waals surface area contributed by atoms with Crippen molar-refractivity contribution in [2.75, 3.05) is 10.6 Å². The number of aryl methyl sites for hydroxylation is 4. The lowest BCUT2D eigenvalue weighted by Crippen LogP contribution is -2.17. The van der Waals surface area contributed by atoms with Crippen molar-refractivity contribution < 1.29 is 9.59 Å². The summed E-state index contributed by atoms with van der Waals surface area (Å²) in [6.07, 6.45) is 1.47. The molecule has 0 fully saturated rings. The standard InChI is InChI=1S/C23H23N3O2/c1-14-5-7-16(3)19(11-14)25-22(27)18-9-10-24-21(13-18)23(28)26-20-12-15(2)6-8-17(20)4/h5-13H,1-4H3,(H,25,27)(H,26,28). The Hall–Kier alpha value is -3.47. The van der Waals surface area contributed by atoms with Crippen molar-refractivity contribution in [1.82, 2.24) is 4.98 Å². The fourth-order valence-electron chi connectivity index (χ4n) is 2.82. The third-order valence-corrected chi connectivity index (χ3v) is 4.54. The summed E-state index contributed by atoms with van der Waals surface area (Å²) >= 11 is 0. The van der Waals surface area contributed by atoms with Gasteiger partial charge in [-0.25, -0.2) is 0 Å². The highest BCUT2D eigenvalue weighted by Crippen LogP contribution is 2.19. The molecule has 0 bridgehead atoms. The van der Waals surface area contributed by atoms with Gasteiger partial charge >= 0.3 is 0 Å². The number of anilines is 2. The number of hydrogen-bond donors (Lipinski definition) is 2. The van der Waals surface area contributed by atoms with Crippen molar-refractivity contribution in [3.8, 4) is 0 Å². The molecule has 0 aliphatic carbocycles. The predicted octanol–water partition coefficient (Wildman–Crippen LogP) is 4.82. The number of hydrogen-bond acceptors (Lipinski definition) is 3. The fourth-order valence-corrected chi connectivity index (χ4v) is 2.82. The van der Waals surface area contributed by atoms with Gasteiger partial charge < -0.3 is 10.6 Å². The first kappa shape index (κ1) is 19.3. The molecule has 0 unspecified atom stereocenters. The summed E-state index contributed by atoms with van der Waals surface area (Å²) in [5.74, 6) is -0.632. The molecular formula is C23H23N3O2. The topological polar surface area (TPSA) is 71.1 Å². The maximum atomic E-state index is 12.6. The second kappa shape index (κ2) is 8.05. The van der Waals surface area contributed by atoms with Crippen LogP contribution in [0.25, 0.3) is 0 Å². The molecule has 5 heteroatoms. The van der Waals surface area contributed by atoms with Crippen LogP contribution in [0.2, 0.25) is 0 Å². The molecule has 1 heterocycles. The van der Waals surface area contributed by atoms with E-state index < -0.39 is 0 Å². The largest absolute Gasteiger partial charge is 0.322 e. The lowest BCUT2D eigenvalue weighted by Gasteiger charge is -2.11. The highest BCUT2D eigenvalue weighted by atomic mass is 16.2. The first-order chi connectivity index (χ1) is 13.3. The van der Waals surface area contributed by atoms with E-state index in [0.717, 1.165) is 33.6 Å². The van der Waals surface area contributed by atoms with Gasteiger partial charge in [-0.1, -0.05) is 24.3 Å². The maximum absolute atomic E-state index is 12.6. The molecule has 0 saturated heterocycles. The zero-order valence-electron chi connectivity index (χ0n) is 16.5. The normalized spacial score (nSPS) is 10.4. The van der Waals surface area contributed by atoms with Gasteiger partial charge in [0.1, 0.15) is 5.69 Å². The Labute approximate surface area is 164 Å². The molecule has 0 radical (unpaired) electrons. The van der Waals surface area contributed by atoms with Gasteiger partial charge in [-0.05, 0) is 74.2 Å². The van der Waals surface area contributed by atoms with Crippen LogP contribution in [0.3, 0.4) is 0 Å². The second-order valence-electron chi connectivity index (χ2n) is 6.97. The Morgan fingerprint density at radius 2 is 1.25 bits per heavy atom. The second-order valence-corrected chi connectivity index (χ2v) is 6.97. The van der Waals surface area contributed by atoms with Gasteiger partial charge in [-0.3, -0.25) is 14.6 Å². The minimum Gasteiger partial charge on any atom is -0.322 e. The third-order valence-electron chi connectivity index (χ3n) is 4.54. The van der Waals surface area contributed by atoms with Crippen LogP contribution in [0.5, 0.6) is 0 Å². The van der Waals surface area contributed by atoms with Gasteiger partial charge in [-0.2, -0.15) is 0 Å². The van der Waals surface area contributed by atoms with Gasteiger partial charge in [0, 0.05) is 23.1 Å². The first-order valence-corrected chi connectivity index (χ1v) is 9.07. The van der Waals surface area contributed by atoms with Crippen LogP contribution in [-0.2, 0) is 0 Å². The lowest BCUT2D eigenvalue weighted by molar-refractivity contribution is 0.102. The van der Waals surface area contributed by atoms with Gasteiger partial charge in [0.05, 0.1) is 0 Å². The smallest absolute Gasteiger partial charge is 0.274 e. The lowest BCUT2D eigenvalue weighted by atomic mass is 10.1. The van der Waals surface area contributed by atoms with E-state index in [4.69, 9.17) is 0 Å². The quantitative estimate of drug-likeness (QED) is 0.689. The number of nitrogens with zero attached hydrogens (tertiary/aromatic N) is 1. The van der Waals surface area contributed by atoms with E-state index in [1.807, 2.05) is 64.1 Å². The van der Waals surface area contributed by atoms with E-state index in [1.54, 1.807) is 6.07 Å². The first-order valence-electron chi connectivity index (χ1n) is 9.07. The minimum absolute atomic E-state index is 0.189. The molecule has 0 saturated carbocycles. The molecular weight excluding hydrogens is 350 g/mol. The zero-order chi connectivity index (χ0) is 20.3. The van der Waals surface area contributed by atoms with Crippen LogP contribution in [0, 0.1) is 27.7 Å². The summed E-state index contributed by atoms with van der Waals surface area (Å²) in [5, 5.41) is 5.77. The number of aromatic nitrogens is 1. The van der Waals surface area contributed by atoms with E-state index in [0.29, 0.717) is 5.56 Å². The van der Waals surface area contributed by atoms with E-state index in [-0.39, 0.29) is 17.5 Å². The Morgan fingerprint density at radius 1 is 0.714 bits per heavy atom. The summed E-state index contributed by atoms with van der Waals surface area (Å²) in [5.41, 5.74) is 6.10. The average molecular weight is 373 g/mol. The van der Waals surface area contributed by atoms with Crippen LogP contribution < -0.4 is 10.6 Å². The molecule has 2 amide bonds. The van der Waals surface area contributed by atoms with Crippen molar-refractivity contribution in [3.63, 3.8) is 0 Å². The monoisotopic (exact) mass is 373 g/mol. The Kier molecular flexibility index (Phi) is 5.54. The highest BCUT2D eigenvalue weighted by molar-refractivity contribution is 6.08. The Balaban J connectivity index is 1.79. The van der Waals surface area contributed by atoms with E-state index in [1.165, 1.54) is 12.3 Å². The average Bonchev–Trinajstić information content (AvgIpc) is 2.67. The van der Waals surface area contributed by atoms with Crippen molar-refractivity contribution in [2.45, 2.75) is 27.7 Å². The SMILES string of the molecule is Cc1ccc(C)c(NC(=O)c2ccnc(C(=O)Nc3cc(C)ccc3C)c2)c1. The summed E-state index contributed by atoms with van der Waals surface area (Å²) in [6.45, 7) is 7.80. The third kappa shape index (κ3) is 4.43. The molecule has 0 spiro atoms. The molecule has 0 aliphatic rings. The Bertz CT molecular complexity index is 977. The van der Waals surface area contributed by atoms with Crippen molar-refractivity contribution in [2.24, 2.45) is 0 Å². The van der Waals surface area contributed by atoms with Crippen LogP contribution in [-0.4, -0.2) is 16.8 Å². The number of carbonyl (C=O) groups is 2. The predicted molar refractivity (Wildman–Crippen MR) is 112 cm³/mol. The molecule has 3 rings (SSSR count). The molecule has 5 nitrogen and oxygen atoms in total. The van der Waals surface area contributed by atoms with Crippen LogP contribution in [0.1, 0.15) is 43.1 Å². The van der Waals surface area contributed by atoms with Crippen molar-refractivity contribution >= 4 is 23.2 Å². The van der Waals surface area contributed by atoms with Gasteiger partial charge in [-0.15, -0.1) is 0 Å². The van der Waals surface area contributed by atoms with Crippen molar-refractivity contribution in [3.05, 3.63) is 88.2 Å². The maximum Gasteiger partial charge on any atom is 0.274 e. The number of benzene rings is 2. The van der Waals surface area contributed by atoms with Gasteiger partial charge in [0.15, 0.2) is 0 Å². The number of amides is 2. The molecule has 28 heavy (non-hydrogen) atoms. The fraction of sp³-hybridized carbons (Fsp3) is 0.174. The van der Waals surface area contributed by atoms with Crippen LogP contribution in [0.15, 0.2) is 54.7 Å². The number of pyridine rings is 1. The molecule has 142 valence electrons. The van der Waals surface area contributed by atoms with Crippen LogP contribution in [0.4, 0.5) is 11.4 Å².